The normalized spacial score (nSPS) is 13.6. The van der Waals surface area contributed by atoms with Crippen LogP contribution in [-0.4, -0.2) is 31.7 Å². The third-order valence-corrected chi connectivity index (χ3v) is 4.53. The fourth-order valence-electron chi connectivity index (χ4n) is 2.43. The summed E-state index contributed by atoms with van der Waals surface area (Å²) >= 11 is 1.90. The molecule has 0 radical (unpaired) electrons. The van der Waals surface area contributed by atoms with Gasteiger partial charge in [-0.25, -0.2) is 0 Å². The Morgan fingerprint density at radius 1 is 1.14 bits per heavy atom. The van der Waals surface area contributed by atoms with Gasteiger partial charge in [-0.05, 0) is 24.3 Å². The van der Waals surface area contributed by atoms with Crippen molar-refractivity contribution >= 4 is 23.7 Å². The van der Waals surface area contributed by atoms with Gasteiger partial charge in [-0.3, -0.25) is 4.79 Å². The Kier molecular flexibility index (Phi) is 4.46. The first kappa shape index (κ1) is 14.0. The molecular weight excluding hydrogens is 282 g/mol. The SMILES string of the molecule is O=Cc1ccccc1OCCN1CCSc2ccccc21. The van der Waals surface area contributed by atoms with Gasteiger partial charge in [0.05, 0.1) is 17.8 Å². The van der Waals surface area contributed by atoms with Crippen molar-refractivity contribution in [2.45, 2.75) is 4.90 Å². The van der Waals surface area contributed by atoms with Crippen LogP contribution in [0.1, 0.15) is 10.4 Å². The van der Waals surface area contributed by atoms with Crippen LogP contribution in [0.4, 0.5) is 5.69 Å². The van der Waals surface area contributed by atoms with Crippen LogP contribution in [0.25, 0.3) is 0 Å². The molecule has 0 saturated carbocycles. The number of carbonyl (C=O) groups excluding carboxylic acids is 1. The number of rotatable bonds is 5. The van der Waals surface area contributed by atoms with Crippen LogP contribution in [0.15, 0.2) is 53.4 Å². The van der Waals surface area contributed by atoms with E-state index in [2.05, 4.69) is 29.2 Å². The van der Waals surface area contributed by atoms with Crippen molar-refractivity contribution in [3.63, 3.8) is 0 Å². The molecule has 108 valence electrons. The monoisotopic (exact) mass is 299 g/mol. The molecule has 0 spiro atoms. The Hall–Kier alpha value is -1.94. The van der Waals surface area contributed by atoms with Gasteiger partial charge in [0.1, 0.15) is 12.4 Å². The van der Waals surface area contributed by atoms with E-state index < -0.39 is 0 Å². The molecule has 1 aliphatic heterocycles. The number of benzene rings is 2. The minimum absolute atomic E-state index is 0.573. The lowest BCUT2D eigenvalue weighted by Crippen LogP contribution is -2.33. The number of anilines is 1. The summed E-state index contributed by atoms with van der Waals surface area (Å²) in [4.78, 5) is 14.6. The van der Waals surface area contributed by atoms with Gasteiger partial charge >= 0.3 is 0 Å². The van der Waals surface area contributed by atoms with E-state index in [1.54, 1.807) is 6.07 Å². The van der Waals surface area contributed by atoms with Crippen molar-refractivity contribution in [2.24, 2.45) is 0 Å². The topological polar surface area (TPSA) is 29.5 Å². The van der Waals surface area contributed by atoms with Gasteiger partial charge in [0.2, 0.25) is 0 Å². The molecule has 21 heavy (non-hydrogen) atoms. The molecule has 1 heterocycles. The summed E-state index contributed by atoms with van der Waals surface area (Å²) in [6, 6.07) is 15.8. The fraction of sp³-hybridized carbons (Fsp3) is 0.235. The van der Waals surface area contributed by atoms with E-state index in [1.165, 1.54) is 10.6 Å². The number of hydrogen-bond donors (Lipinski definition) is 0. The number of carbonyl (C=O) groups is 1. The number of para-hydroxylation sites is 2. The van der Waals surface area contributed by atoms with Crippen LogP contribution in [0, 0.1) is 0 Å². The molecule has 0 aliphatic carbocycles. The average Bonchev–Trinajstić information content (AvgIpc) is 2.55. The largest absolute Gasteiger partial charge is 0.491 e. The Morgan fingerprint density at radius 2 is 1.95 bits per heavy atom. The molecule has 0 aromatic heterocycles. The van der Waals surface area contributed by atoms with Gasteiger partial charge in [-0.2, -0.15) is 0 Å². The first-order valence-corrected chi connectivity index (χ1v) is 8.01. The average molecular weight is 299 g/mol. The van der Waals surface area contributed by atoms with Crippen molar-refractivity contribution < 1.29 is 9.53 Å². The summed E-state index contributed by atoms with van der Waals surface area (Å²) in [7, 11) is 0. The minimum atomic E-state index is 0.573. The third-order valence-electron chi connectivity index (χ3n) is 3.49. The summed E-state index contributed by atoms with van der Waals surface area (Å²) in [6.07, 6.45) is 0.835. The van der Waals surface area contributed by atoms with Crippen LogP contribution in [0.3, 0.4) is 0 Å². The predicted molar refractivity (Wildman–Crippen MR) is 86.7 cm³/mol. The molecule has 3 rings (SSSR count). The number of aldehydes is 1. The quantitative estimate of drug-likeness (QED) is 0.790. The highest BCUT2D eigenvalue weighted by Gasteiger charge is 2.16. The fourth-order valence-corrected chi connectivity index (χ4v) is 3.49. The number of ether oxygens (including phenoxy) is 1. The van der Waals surface area contributed by atoms with E-state index in [4.69, 9.17) is 4.74 Å². The smallest absolute Gasteiger partial charge is 0.153 e. The minimum Gasteiger partial charge on any atom is -0.491 e. The Balaban J connectivity index is 1.63. The molecular formula is C17H17NO2S. The van der Waals surface area contributed by atoms with Gasteiger partial charge in [0.15, 0.2) is 6.29 Å². The zero-order valence-corrected chi connectivity index (χ0v) is 12.5. The summed E-state index contributed by atoms with van der Waals surface area (Å²) in [5.41, 5.74) is 1.88. The molecule has 0 bridgehead atoms. The molecule has 0 unspecified atom stereocenters. The van der Waals surface area contributed by atoms with Crippen LogP contribution >= 0.6 is 11.8 Å². The van der Waals surface area contributed by atoms with Crippen LogP contribution in [-0.2, 0) is 0 Å². The maximum absolute atomic E-state index is 11.0. The molecule has 2 aromatic rings. The molecule has 0 saturated heterocycles. The maximum Gasteiger partial charge on any atom is 0.153 e. The summed E-state index contributed by atoms with van der Waals surface area (Å²) < 4.78 is 5.77. The molecule has 4 heteroatoms. The predicted octanol–water partition coefficient (Wildman–Crippen LogP) is 3.49. The zero-order valence-electron chi connectivity index (χ0n) is 11.7. The molecule has 1 aliphatic rings. The van der Waals surface area contributed by atoms with Gasteiger partial charge in [-0.1, -0.05) is 24.3 Å². The van der Waals surface area contributed by atoms with Gasteiger partial charge < -0.3 is 9.64 Å². The number of hydrogen-bond acceptors (Lipinski definition) is 4. The second-order valence-electron chi connectivity index (χ2n) is 4.81. The van der Waals surface area contributed by atoms with Crippen LogP contribution in [0.2, 0.25) is 0 Å². The van der Waals surface area contributed by atoms with E-state index >= 15 is 0 Å². The second-order valence-corrected chi connectivity index (χ2v) is 5.94. The highest BCUT2D eigenvalue weighted by Crippen LogP contribution is 2.33. The Labute approximate surface area is 128 Å². The lowest BCUT2D eigenvalue weighted by atomic mass is 10.2. The molecule has 0 N–H and O–H groups in total. The lowest BCUT2D eigenvalue weighted by Gasteiger charge is -2.30. The Bertz CT molecular complexity index is 630. The summed E-state index contributed by atoms with van der Waals surface area (Å²) in [5.74, 6) is 1.76. The van der Waals surface area contributed by atoms with Crippen molar-refractivity contribution in [3.05, 3.63) is 54.1 Å². The van der Waals surface area contributed by atoms with E-state index in [9.17, 15) is 4.79 Å². The van der Waals surface area contributed by atoms with Gasteiger partial charge in [-0.15, -0.1) is 11.8 Å². The number of fused-ring (bicyclic) bond motifs is 1. The standard InChI is InChI=1S/C17H17NO2S/c19-13-14-5-1-3-7-16(14)20-11-9-18-10-12-21-17-8-4-2-6-15(17)18/h1-8,13H,9-12H2. The zero-order chi connectivity index (χ0) is 14.5. The lowest BCUT2D eigenvalue weighted by molar-refractivity contribution is 0.111. The first-order valence-electron chi connectivity index (χ1n) is 7.02. The molecule has 3 nitrogen and oxygen atoms in total. The van der Waals surface area contributed by atoms with Crippen molar-refractivity contribution in [3.8, 4) is 5.75 Å². The number of thioether (sulfide) groups is 1. The molecule has 0 atom stereocenters. The van der Waals surface area contributed by atoms with Crippen LogP contribution in [0.5, 0.6) is 5.75 Å². The van der Waals surface area contributed by atoms with Gasteiger partial charge in [0.25, 0.3) is 0 Å². The molecule has 0 fully saturated rings. The molecule has 2 aromatic carbocycles. The highest BCUT2D eigenvalue weighted by molar-refractivity contribution is 7.99. The number of nitrogens with zero attached hydrogens (tertiary/aromatic N) is 1. The van der Waals surface area contributed by atoms with E-state index in [0.29, 0.717) is 17.9 Å². The Morgan fingerprint density at radius 3 is 2.86 bits per heavy atom. The van der Waals surface area contributed by atoms with Crippen molar-refractivity contribution in [1.29, 1.82) is 0 Å². The van der Waals surface area contributed by atoms with E-state index in [1.807, 2.05) is 30.0 Å². The van der Waals surface area contributed by atoms with Crippen molar-refractivity contribution in [1.82, 2.24) is 0 Å². The van der Waals surface area contributed by atoms with E-state index in [0.717, 1.165) is 25.1 Å². The maximum atomic E-state index is 11.0. The van der Waals surface area contributed by atoms with Crippen LogP contribution < -0.4 is 9.64 Å². The summed E-state index contributed by atoms with van der Waals surface area (Å²) in [6.45, 7) is 2.43. The highest BCUT2D eigenvalue weighted by atomic mass is 32.2. The third kappa shape index (κ3) is 3.22. The second kappa shape index (κ2) is 6.68. The first-order chi connectivity index (χ1) is 10.4. The summed E-state index contributed by atoms with van der Waals surface area (Å²) in [5, 5.41) is 0. The van der Waals surface area contributed by atoms with E-state index in [-0.39, 0.29) is 0 Å². The molecule has 0 amide bonds. The van der Waals surface area contributed by atoms with Gasteiger partial charge in [0, 0.05) is 17.2 Å². The van der Waals surface area contributed by atoms with Crippen molar-refractivity contribution in [2.75, 3.05) is 30.3 Å².